The lowest BCUT2D eigenvalue weighted by Crippen LogP contribution is -2.11. The third-order valence-corrected chi connectivity index (χ3v) is 1.79. The van der Waals surface area contributed by atoms with Gasteiger partial charge in [-0.3, -0.25) is 4.99 Å². The average Bonchev–Trinajstić information content (AvgIpc) is 2.14. The summed E-state index contributed by atoms with van der Waals surface area (Å²) in [6.45, 7) is 1.84. The van der Waals surface area contributed by atoms with Gasteiger partial charge in [-0.05, 0) is 13.0 Å². The van der Waals surface area contributed by atoms with Gasteiger partial charge in [-0.15, -0.1) is 0 Å². The van der Waals surface area contributed by atoms with Gasteiger partial charge in [-0.2, -0.15) is 0 Å². The van der Waals surface area contributed by atoms with Crippen LogP contribution in [0.4, 0.5) is 0 Å². The van der Waals surface area contributed by atoms with Crippen LogP contribution in [0.3, 0.4) is 0 Å². The minimum absolute atomic E-state index is 0.0193. The van der Waals surface area contributed by atoms with Crippen molar-refractivity contribution in [3.8, 4) is 0 Å². The van der Waals surface area contributed by atoms with E-state index in [-0.39, 0.29) is 19.1 Å². The van der Waals surface area contributed by atoms with Crippen LogP contribution in [0.15, 0.2) is 28.8 Å². The lowest BCUT2D eigenvalue weighted by Gasteiger charge is -2.09. The molecule has 0 aliphatic rings. The van der Waals surface area contributed by atoms with Crippen LogP contribution in [0.1, 0.15) is 6.92 Å². The molecule has 0 saturated heterocycles. The number of nitrogens with zero attached hydrogens (tertiary/aromatic N) is 1. The van der Waals surface area contributed by atoms with Crippen LogP contribution in [0.25, 0.3) is 0 Å². The van der Waals surface area contributed by atoms with Crippen LogP contribution >= 0.6 is 0 Å². The van der Waals surface area contributed by atoms with Crippen LogP contribution in [0, 0.1) is 5.92 Å². The van der Waals surface area contributed by atoms with Crippen molar-refractivity contribution >= 4 is 6.21 Å². The Kier molecular flexibility index (Phi) is 7.15. The smallest absolute Gasteiger partial charge is 0.0518 e. The molecule has 0 fully saturated rings. The summed E-state index contributed by atoms with van der Waals surface area (Å²) in [6, 6.07) is 0. The molecule has 13 heavy (non-hydrogen) atoms. The number of aliphatic imine (C=N–C) groups is 1. The summed E-state index contributed by atoms with van der Waals surface area (Å²) < 4.78 is 0. The topological polar surface area (TPSA) is 52.8 Å². The molecule has 0 aromatic heterocycles. The Morgan fingerprint density at radius 1 is 1.31 bits per heavy atom. The Morgan fingerprint density at radius 2 is 1.92 bits per heavy atom. The largest absolute Gasteiger partial charge is 0.396 e. The lowest BCUT2D eigenvalue weighted by atomic mass is 10.0. The molecule has 0 saturated carbocycles. The second kappa shape index (κ2) is 7.71. The van der Waals surface area contributed by atoms with Crippen LogP contribution in [-0.4, -0.2) is 36.7 Å². The van der Waals surface area contributed by atoms with Gasteiger partial charge in [0.25, 0.3) is 0 Å². The highest BCUT2D eigenvalue weighted by Gasteiger charge is 2.05. The summed E-state index contributed by atoms with van der Waals surface area (Å²) in [5.41, 5.74) is 0.964. The third kappa shape index (κ3) is 5.33. The van der Waals surface area contributed by atoms with E-state index in [9.17, 15) is 0 Å². The molecule has 0 radical (unpaired) electrons. The molecule has 74 valence electrons. The van der Waals surface area contributed by atoms with E-state index in [0.29, 0.717) is 0 Å². The SMILES string of the molecule is C/N=C/C=C\C=C(/C)C(CO)CO. The number of aliphatic hydroxyl groups is 2. The van der Waals surface area contributed by atoms with E-state index < -0.39 is 0 Å². The molecular weight excluding hydrogens is 166 g/mol. The van der Waals surface area contributed by atoms with E-state index in [1.165, 1.54) is 0 Å². The maximum Gasteiger partial charge on any atom is 0.0518 e. The summed E-state index contributed by atoms with van der Waals surface area (Å²) >= 11 is 0. The standard InChI is InChI=1S/C10H17NO2/c1-9(10(7-12)8-13)5-3-4-6-11-2/h3-6,10,12-13H,7-8H2,1-2H3/b4-3-,9-5+,11-6+. The van der Waals surface area contributed by atoms with Gasteiger partial charge in [0.05, 0.1) is 13.2 Å². The highest BCUT2D eigenvalue weighted by Crippen LogP contribution is 2.08. The highest BCUT2D eigenvalue weighted by atomic mass is 16.3. The second-order valence-electron chi connectivity index (χ2n) is 2.76. The van der Waals surface area contributed by atoms with Crippen molar-refractivity contribution in [1.82, 2.24) is 0 Å². The zero-order valence-electron chi connectivity index (χ0n) is 8.14. The monoisotopic (exact) mass is 183 g/mol. The fourth-order valence-electron chi connectivity index (χ4n) is 0.825. The zero-order chi connectivity index (χ0) is 10.1. The van der Waals surface area contributed by atoms with E-state index in [1.807, 2.05) is 19.1 Å². The number of rotatable bonds is 5. The van der Waals surface area contributed by atoms with Gasteiger partial charge in [-0.1, -0.05) is 17.7 Å². The van der Waals surface area contributed by atoms with E-state index in [1.54, 1.807) is 19.3 Å². The molecule has 0 heterocycles. The van der Waals surface area contributed by atoms with Gasteiger partial charge >= 0.3 is 0 Å². The normalized spacial score (nSPS) is 13.8. The molecule has 0 rings (SSSR count). The average molecular weight is 183 g/mol. The Bertz CT molecular complexity index is 203. The van der Waals surface area contributed by atoms with Gasteiger partial charge in [0.15, 0.2) is 0 Å². The van der Waals surface area contributed by atoms with E-state index in [2.05, 4.69) is 4.99 Å². The predicted molar refractivity (Wildman–Crippen MR) is 55.0 cm³/mol. The predicted octanol–water partition coefficient (Wildman–Crippen LogP) is 0.790. The Hall–Kier alpha value is -0.930. The molecule has 0 bridgehead atoms. The van der Waals surface area contributed by atoms with Crippen molar-refractivity contribution in [1.29, 1.82) is 0 Å². The van der Waals surface area contributed by atoms with E-state index in [4.69, 9.17) is 10.2 Å². The van der Waals surface area contributed by atoms with Gasteiger partial charge < -0.3 is 10.2 Å². The molecule has 0 aliphatic carbocycles. The number of aliphatic hydroxyl groups excluding tert-OH is 2. The molecule has 0 aliphatic heterocycles. The van der Waals surface area contributed by atoms with Crippen molar-refractivity contribution in [3.63, 3.8) is 0 Å². The molecule has 0 spiro atoms. The first kappa shape index (κ1) is 12.1. The number of hydrogen-bond acceptors (Lipinski definition) is 3. The first-order chi connectivity index (χ1) is 6.26. The maximum atomic E-state index is 8.85. The minimum Gasteiger partial charge on any atom is -0.396 e. The summed E-state index contributed by atoms with van der Waals surface area (Å²) in [5, 5.41) is 17.7. The minimum atomic E-state index is -0.150. The molecule has 2 N–H and O–H groups in total. The Balaban J connectivity index is 4.13. The molecule has 0 aromatic rings. The molecule has 3 nitrogen and oxygen atoms in total. The highest BCUT2D eigenvalue weighted by molar-refractivity contribution is 5.71. The van der Waals surface area contributed by atoms with Gasteiger partial charge in [0.1, 0.15) is 0 Å². The molecule has 0 amide bonds. The van der Waals surface area contributed by atoms with Crippen molar-refractivity contribution < 1.29 is 10.2 Å². The fourth-order valence-corrected chi connectivity index (χ4v) is 0.825. The Labute approximate surface area is 79.1 Å². The third-order valence-electron chi connectivity index (χ3n) is 1.79. The molecular formula is C10H17NO2. The van der Waals surface area contributed by atoms with Gasteiger partial charge in [0.2, 0.25) is 0 Å². The maximum absolute atomic E-state index is 8.85. The van der Waals surface area contributed by atoms with Gasteiger partial charge in [0, 0.05) is 19.2 Å². The van der Waals surface area contributed by atoms with Crippen molar-refractivity contribution in [2.45, 2.75) is 6.92 Å². The quantitative estimate of drug-likeness (QED) is 0.489. The molecule has 0 atom stereocenters. The van der Waals surface area contributed by atoms with Crippen LogP contribution in [-0.2, 0) is 0 Å². The van der Waals surface area contributed by atoms with E-state index in [0.717, 1.165) is 5.57 Å². The number of hydrogen-bond donors (Lipinski definition) is 2. The summed E-state index contributed by atoms with van der Waals surface area (Å²) in [6.07, 6.45) is 7.17. The lowest BCUT2D eigenvalue weighted by molar-refractivity contribution is 0.171. The molecule has 0 unspecified atom stereocenters. The van der Waals surface area contributed by atoms with Crippen molar-refractivity contribution in [3.05, 3.63) is 23.8 Å². The summed E-state index contributed by atoms with van der Waals surface area (Å²) in [4.78, 5) is 3.78. The zero-order valence-corrected chi connectivity index (χ0v) is 8.14. The molecule has 0 aromatic carbocycles. The summed E-state index contributed by atoms with van der Waals surface area (Å²) in [5.74, 6) is -0.150. The van der Waals surface area contributed by atoms with Crippen LogP contribution < -0.4 is 0 Å². The first-order valence-electron chi connectivity index (χ1n) is 4.23. The van der Waals surface area contributed by atoms with Gasteiger partial charge in [-0.25, -0.2) is 0 Å². The Morgan fingerprint density at radius 3 is 2.38 bits per heavy atom. The first-order valence-corrected chi connectivity index (χ1v) is 4.23. The van der Waals surface area contributed by atoms with Crippen molar-refractivity contribution in [2.24, 2.45) is 10.9 Å². The van der Waals surface area contributed by atoms with E-state index >= 15 is 0 Å². The fraction of sp³-hybridized carbons (Fsp3) is 0.500. The molecule has 3 heteroatoms. The second-order valence-corrected chi connectivity index (χ2v) is 2.76. The van der Waals surface area contributed by atoms with Crippen LogP contribution in [0.5, 0.6) is 0 Å². The van der Waals surface area contributed by atoms with Crippen molar-refractivity contribution in [2.75, 3.05) is 20.3 Å². The summed E-state index contributed by atoms with van der Waals surface area (Å²) in [7, 11) is 1.70. The number of allylic oxidation sites excluding steroid dienone is 3. The van der Waals surface area contributed by atoms with Crippen LogP contribution in [0.2, 0.25) is 0 Å².